The summed E-state index contributed by atoms with van der Waals surface area (Å²) >= 11 is 0. The van der Waals surface area contributed by atoms with Crippen molar-refractivity contribution in [3.63, 3.8) is 0 Å². The number of nitrogens with one attached hydrogen (secondary N) is 1. The average molecular weight is 253 g/mol. The number of hydrogen-bond acceptors (Lipinski definition) is 3. The molecular weight excluding hydrogens is 222 g/mol. The van der Waals surface area contributed by atoms with Crippen molar-refractivity contribution in [1.82, 2.24) is 10.4 Å². The van der Waals surface area contributed by atoms with Crippen LogP contribution in [0.15, 0.2) is 0 Å². The third-order valence-corrected chi connectivity index (χ3v) is 5.36. The van der Waals surface area contributed by atoms with Gasteiger partial charge in [-0.2, -0.15) is 0 Å². The van der Waals surface area contributed by atoms with Gasteiger partial charge in [0, 0.05) is 24.2 Å². The Balaban J connectivity index is 2.09. The second-order valence-electron chi connectivity index (χ2n) is 6.51. The van der Waals surface area contributed by atoms with Gasteiger partial charge in [-0.25, -0.2) is 10.4 Å². The van der Waals surface area contributed by atoms with E-state index in [2.05, 4.69) is 31.2 Å². The summed E-state index contributed by atoms with van der Waals surface area (Å²) in [5.41, 5.74) is 10.2. The van der Waals surface area contributed by atoms with Gasteiger partial charge in [-0.1, -0.05) is 26.2 Å². The lowest BCUT2D eigenvalue weighted by atomic mass is 9.85. The normalized spacial score (nSPS) is 42.3. The van der Waals surface area contributed by atoms with Crippen LogP contribution in [0.5, 0.6) is 0 Å². The molecule has 0 aromatic rings. The van der Waals surface area contributed by atoms with Gasteiger partial charge in [-0.15, -0.1) is 0 Å². The van der Waals surface area contributed by atoms with Crippen LogP contribution in [0.1, 0.15) is 65.7 Å². The van der Waals surface area contributed by atoms with Crippen molar-refractivity contribution in [3.05, 3.63) is 0 Å². The number of rotatable bonds is 4. The van der Waals surface area contributed by atoms with E-state index >= 15 is 0 Å². The van der Waals surface area contributed by atoms with Gasteiger partial charge in [0.05, 0.1) is 0 Å². The van der Waals surface area contributed by atoms with Crippen molar-refractivity contribution in [2.45, 2.75) is 83.3 Å². The van der Waals surface area contributed by atoms with Crippen LogP contribution in [0.25, 0.3) is 0 Å². The molecule has 1 aliphatic carbocycles. The molecule has 3 N–H and O–H groups in total. The molecule has 4 atom stereocenters. The first-order valence-corrected chi connectivity index (χ1v) is 7.89. The molecule has 2 aliphatic rings. The maximum atomic E-state index is 6.15. The highest BCUT2D eigenvalue weighted by molar-refractivity contribution is 5.00. The van der Waals surface area contributed by atoms with Crippen LogP contribution in [-0.2, 0) is 0 Å². The van der Waals surface area contributed by atoms with E-state index in [0.717, 1.165) is 12.5 Å². The van der Waals surface area contributed by atoms with Crippen LogP contribution >= 0.6 is 0 Å². The fourth-order valence-corrected chi connectivity index (χ4v) is 4.10. The average Bonchev–Trinajstić information content (AvgIpc) is 2.77. The van der Waals surface area contributed by atoms with Crippen LogP contribution in [0, 0.1) is 5.92 Å². The molecule has 0 radical (unpaired) electrons. The Kier molecular flexibility index (Phi) is 4.68. The zero-order valence-electron chi connectivity index (χ0n) is 12.4. The molecule has 0 aromatic carbocycles. The monoisotopic (exact) mass is 253 g/mol. The highest BCUT2D eigenvalue weighted by Gasteiger charge is 2.43. The molecule has 1 saturated heterocycles. The van der Waals surface area contributed by atoms with Gasteiger partial charge in [0.2, 0.25) is 0 Å². The van der Waals surface area contributed by atoms with Crippen molar-refractivity contribution < 1.29 is 0 Å². The number of nitrogens with two attached hydrogens (primary N) is 1. The van der Waals surface area contributed by atoms with E-state index in [-0.39, 0.29) is 5.54 Å². The standard InChI is InChI=1S/C15H31N3/c1-4-14-9-6-10-15(14,11-16)17-18-12(2)7-5-8-13(18)3/h12-14,17H,4-11,16H2,1-3H3. The molecule has 2 rings (SSSR count). The Labute approximate surface area is 112 Å². The van der Waals surface area contributed by atoms with Gasteiger partial charge < -0.3 is 5.73 Å². The third kappa shape index (κ3) is 2.59. The van der Waals surface area contributed by atoms with Crippen LogP contribution in [0.4, 0.5) is 0 Å². The van der Waals surface area contributed by atoms with Gasteiger partial charge in [0.15, 0.2) is 0 Å². The van der Waals surface area contributed by atoms with E-state index in [4.69, 9.17) is 5.73 Å². The molecule has 4 unspecified atom stereocenters. The van der Waals surface area contributed by atoms with Crippen LogP contribution in [0.3, 0.4) is 0 Å². The number of hydrazine groups is 1. The van der Waals surface area contributed by atoms with Crippen molar-refractivity contribution in [2.24, 2.45) is 11.7 Å². The highest BCUT2D eigenvalue weighted by atomic mass is 15.6. The molecule has 0 aromatic heterocycles. The second kappa shape index (κ2) is 5.89. The summed E-state index contributed by atoms with van der Waals surface area (Å²) in [6, 6.07) is 1.30. The summed E-state index contributed by atoms with van der Waals surface area (Å²) in [5, 5.41) is 2.52. The van der Waals surface area contributed by atoms with Crippen LogP contribution in [-0.4, -0.2) is 29.2 Å². The van der Waals surface area contributed by atoms with Gasteiger partial charge in [-0.05, 0) is 45.4 Å². The molecule has 0 bridgehead atoms. The first kappa shape index (κ1) is 14.3. The molecule has 1 saturated carbocycles. The molecule has 0 spiro atoms. The topological polar surface area (TPSA) is 41.3 Å². The minimum absolute atomic E-state index is 0.175. The molecule has 106 valence electrons. The molecule has 18 heavy (non-hydrogen) atoms. The second-order valence-corrected chi connectivity index (χ2v) is 6.51. The van der Waals surface area contributed by atoms with E-state index in [1.165, 1.54) is 44.9 Å². The molecule has 1 heterocycles. The summed E-state index contributed by atoms with van der Waals surface area (Å²) in [6.45, 7) is 7.79. The largest absolute Gasteiger partial charge is 0.329 e. The Hall–Kier alpha value is -0.120. The Morgan fingerprint density at radius 2 is 1.83 bits per heavy atom. The number of piperidine rings is 1. The molecule has 3 heteroatoms. The van der Waals surface area contributed by atoms with Gasteiger partial charge in [0.1, 0.15) is 0 Å². The third-order valence-electron chi connectivity index (χ3n) is 5.36. The maximum absolute atomic E-state index is 6.15. The van der Waals surface area contributed by atoms with E-state index in [1.54, 1.807) is 0 Å². The lowest BCUT2D eigenvalue weighted by Gasteiger charge is -2.47. The number of nitrogens with zero attached hydrogens (tertiary/aromatic N) is 1. The van der Waals surface area contributed by atoms with Gasteiger partial charge >= 0.3 is 0 Å². The fraction of sp³-hybridized carbons (Fsp3) is 1.00. The zero-order valence-corrected chi connectivity index (χ0v) is 12.4. The number of hydrogen-bond donors (Lipinski definition) is 2. The Morgan fingerprint density at radius 1 is 1.17 bits per heavy atom. The molecular formula is C15H31N3. The molecule has 2 fully saturated rings. The Morgan fingerprint density at radius 3 is 2.39 bits per heavy atom. The van der Waals surface area contributed by atoms with Crippen LogP contribution in [0.2, 0.25) is 0 Å². The quantitative estimate of drug-likeness (QED) is 0.809. The SMILES string of the molecule is CCC1CCCC1(CN)NN1C(C)CCCC1C. The summed E-state index contributed by atoms with van der Waals surface area (Å²) < 4.78 is 0. The zero-order chi connectivity index (χ0) is 13.2. The van der Waals surface area contributed by atoms with Gasteiger partial charge in [-0.3, -0.25) is 0 Å². The van der Waals surface area contributed by atoms with Crippen LogP contribution < -0.4 is 11.2 Å². The van der Waals surface area contributed by atoms with Crippen molar-refractivity contribution in [1.29, 1.82) is 0 Å². The lowest BCUT2D eigenvalue weighted by Crippen LogP contribution is -2.65. The minimum Gasteiger partial charge on any atom is -0.329 e. The summed E-state index contributed by atoms with van der Waals surface area (Å²) in [5.74, 6) is 0.754. The molecule has 0 amide bonds. The first-order chi connectivity index (χ1) is 8.63. The van der Waals surface area contributed by atoms with E-state index in [1.807, 2.05) is 0 Å². The van der Waals surface area contributed by atoms with Gasteiger partial charge in [0.25, 0.3) is 0 Å². The van der Waals surface area contributed by atoms with E-state index < -0.39 is 0 Å². The molecule has 1 aliphatic heterocycles. The summed E-state index contributed by atoms with van der Waals surface area (Å²) in [6.07, 6.45) is 9.17. The van der Waals surface area contributed by atoms with E-state index in [9.17, 15) is 0 Å². The fourth-order valence-electron chi connectivity index (χ4n) is 4.10. The predicted molar refractivity (Wildman–Crippen MR) is 77.2 cm³/mol. The van der Waals surface area contributed by atoms with Crippen molar-refractivity contribution in [3.8, 4) is 0 Å². The molecule has 3 nitrogen and oxygen atoms in total. The lowest BCUT2D eigenvalue weighted by molar-refractivity contribution is -0.0104. The minimum atomic E-state index is 0.175. The highest BCUT2D eigenvalue weighted by Crippen LogP contribution is 2.38. The predicted octanol–water partition coefficient (Wildman–Crippen LogP) is 2.66. The van der Waals surface area contributed by atoms with Crippen molar-refractivity contribution in [2.75, 3.05) is 6.54 Å². The van der Waals surface area contributed by atoms with Crippen molar-refractivity contribution >= 4 is 0 Å². The smallest absolute Gasteiger partial charge is 0.0476 e. The first-order valence-electron chi connectivity index (χ1n) is 7.89. The summed E-state index contributed by atoms with van der Waals surface area (Å²) in [7, 11) is 0. The maximum Gasteiger partial charge on any atom is 0.0476 e. The Bertz CT molecular complexity index is 258. The van der Waals surface area contributed by atoms with E-state index in [0.29, 0.717) is 12.1 Å². The summed E-state index contributed by atoms with van der Waals surface area (Å²) in [4.78, 5) is 0.